The summed E-state index contributed by atoms with van der Waals surface area (Å²) >= 11 is 0. The highest BCUT2D eigenvalue weighted by atomic mass is 16.5. The number of methoxy groups -OCH3 is 1. The van der Waals surface area contributed by atoms with Gasteiger partial charge in [0, 0.05) is 31.8 Å². The molecule has 1 aliphatic rings. The molecular formula is C23H34N4O3. The van der Waals surface area contributed by atoms with Crippen molar-refractivity contribution in [2.75, 3.05) is 26.7 Å². The van der Waals surface area contributed by atoms with Crippen LogP contribution >= 0.6 is 0 Å². The molecule has 0 saturated carbocycles. The molecule has 7 nitrogen and oxygen atoms in total. The van der Waals surface area contributed by atoms with E-state index in [4.69, 9.17) is 9.15 Å². The minimum absolute atomic E-state index is 0.0549. The quantitative estimate of drug-likeness (QED) is 0.644. The average molecular weight is 415 g/mol. The van der Waals surface area contributed by atoms with Gasteiger partial charge in [0.05, 0.1) is 7.11 Å². The molecule has 0 aliphatic carbocycles. The number of hydrogen-bond donors (Lipinski definition) is 1. The van der Waals surface area contributed by atoms with Crippen LogP contribution in [0, 0.1) is 5.92 Å². The SMILES string of the molecule is COc1ccc(CCc2nnc(CCC(=O)NCC3CCN(C(C)C)CC3)o2)cc1. The molecule has 30 heavy (non-hydrogen) atoms. The van der Waals surface area contributed by atoms with Crippen molar-refractivity contribution in [2.24, 2.45) is 5.92 Å². The van der Waals surface area contributed by atoms with Crippen LogP contribution in [0.1, 0.15) is 50.5 Å². The molecule has 1 amide bonds. The van der Waals surface area contributed by atoms with E-state index in [1.165, 1.54) is 5.56 Å². The normalized spacial score (nSPS) is 15.5. The van der Waals surface area contributed by atoms with E-state index in [2.05, 4.69) is 34.3 Å². The number of nitrogens with one attached hydrogen (secondary N) is 1. The molecule has 1 aromatic carbocycles. The highest BCUT2D eigenvalue weighted by molar-refractivity contribution is 5.75. The van der Waals surface area contributed by atoms with Gasteiger partial charge in [-0.15, -0.1) is 10.2 Å². The van der Waals surface area contributed by atoms with Crippen LogP contribution in [0.4, 0.5) is 0 Å². The molecule has 1 aromatic heterocycles. The molecule has 164 valence electrons. The van der Waals surface area contributed by atoms with Gasteiger partial charge in [0.1, 0.15) is 5.75 Å². The fourth-order valence-corrected chi connectivity index (χ4v) is 3.77. The Kier molecular flexibility index (Phi) is 8.25. The Morgan fingerprint density at radius 3 is 2.43 bits per heavy atom. The zero-order chi connectivity index (χ0) is 21.3. The second kappa shape index (κ2) is 11.1. The lowest BCUT2D eigenvalue weighted by Crippen LogP contribution is -2.41. The summed E-state index contributed by atoms with van der Waals surface area (Å²) < 4.78 is 10.9. The second-order valence-electron chi connectivity index (χ2n) is 8.31. The topological polar surface area (TPSA) is 80.5 Å². The van der Waals surface area contributed by atoms with E-state index < -0.39 is 0 Å². The van der Waals surface area contributed by atoms with Gasteiger partial charge in [-0.2, -0.15) is 0 Å². The third kappa shape index (κ3) is 6.83. The number of piperidine rings is 1. The maximum Gasteiger partial charge on any atom is 0.220 e. The molecule has 1 N–H and O–H groups in total. The number of hydrogen-bond acceptors (Lipinski definition) is 6. The molecule has 0 radical (unpaired) electrons. The zero-order valence-corrected chi connectivity index (χ0v) is 18.4. The van der Waals surface area contributed by atoms with Crippen molar-refractivity contribution < 1.29 is 13.9 Å². The Labute approximate surface area is 179 Å². The minimum Gasteiger partial charge on any atom is -0.497 e. The third-order valence-electron chi connectivity index (χ3n) is 5.83. The van der Waals surface area contributed by atoms with Gasteiger partial charge in [0.25, 0.3) is 0 Å². The Balaban J connectivity index is 1.33. The summed E-state index contributed by atoms with van der Waals surface area (Å²) in [6.45, 7) is 7.49. The summed E-state index contributed by atoms with van der Waals surface area (Å²) in [7, 11) is 1.66. The molecule has 1 saturated heterocycles. The predicted molar refractivity (Wildman–Crippen MR) is 115 cm³/mol. The molecule has 7 heteroatoms. The Bertz CT molecular complexity index is 780. The number of aromatic nitrogens is 2. The smallest absolute Gasteiger partial charge is 0.220 e. The van der Waals surface area contributed by atoms with Crippen LogP contribution in [-0.4, -0.2) is 53.8 Å². The summed E-state index contributed by atoms with van der Waals surface area (Å²) in [5, 5.41) is 11.3. The molecule has 0 atom stereocenters. The molecule has 3 rings (SSSR count). The lowest BCUT2D eigenvalue weighted by molar-refractivity contribution is -0.121. The number of likely N-dealkylation sites (tertiary alicyclic amines) is 1. The van der Waals surface area contributed by atoms with E-state index in [1.54, 1.807) is 7.11 Å². The van der Waals surface area contributed by atoms with Crippen LogP contribution in [-0.2, 0) is 24.1 Å². The van der Waals surface area contributed by atoms with Crippen molar-refractivity contribution in [2.45, 2.75) is 58.4 Å². The van der Waals surface area contributed by atoms with Crippen molar-refractivity contribution in [3.63, 3.8) is 0 Å². The largest absolute Gasteiger partial charge is 0.497 e. The van der Waals surface area contributed by atoms with Gasteiger partial charge in [0.15, 0.2) is 0 Å². The average Bonchev–Trinajstić information content (AvgIpc) is 3.23. The van der Waals surface area contributed by atoms with E-state index in [-0.39, 0.29) is 5.91 Å². The number of rotatable bonds is 10. The Hall–Kier alpha value is -2.41. The molecule has 2 aromatic rings. The first-order valence-electron chi connectivity index (χ1n) is 11.0. The van der Waals surface area contributed by atoms with Gasteiger partial charge < -0.3 is 19.4 Å². The number of amides is 1. The van der Waals surface area contributed by atoms with E-state index in [1.807, 2.05) is 24.3 Å². The van der Waals surface area contributed by atoms with E-state index in [0.717, 1.165) is 44.6 Å². The van der Waals surface area contributed by atoms with Crippen molar-refractivity contribution in [3.8, 4) is 5.75 Å². The zero-order valence-electron chi connectivity index (χ0n) is 18.4. The van der Waals surface area contributed by atoms with Crippen molar-refractivity contribution in [1.82, 2.24) is 20.4 Å². The van der Waals surface area contributed by atoms with Gasteiger partial charge in [-0.1, -0.05) is 12.1 Å². The van der Waals surface area contributed by atoms with Crippen LogP contribution in [0.5, 0.6) is 5.75 Å². The van der Waals surface area contributed by atoms with Crippen LogP contribution in [0.2, 0.25) is 0 Å². The number of carbonyl (C=O) groups excluding carboxylic acids is 1. The van der Waals surface area contributed by atoms with E-state index >= 15 is 0 Å². The summed E-state index contributed by atoms with van der Waals surface area (Å²) in [6.07, 6.45) is 4.67. The number of aryl methyl sites for hydroxylation is 3. The van der Waals surface area contributed by atoms with Gasteiger partial charge >= 0.3 is 0 Å². The minimum atomic E-state index is 0.0549. The first-order chi connectivity index (χ1) is 14.5. The summed E-state index contributed by atoms with van der Waals surface area (Å²) in [6, 6.07) is 8.57. The van der Waals surface area contributed by atoms with Gasteiger partial charge in [0.2, 0.25) is 17.7 Å². The molecule has 0 unspecified atom stereocenters. The van der Waals surface area contributed by atoms with Crippen molar-refractivity contribution in [3.05, 3.63) is 41.6 Å². The fraction of sp³-hybridized carbons (Fsp3) is 0.609. The molecule has 0 bridgehead atoms. The third-order valence-corrected chi connectivity index (χ3v) is 5.83. The summed E-state index contributed by atoms with van der Waals surface area (Å²) in [5.41, 5.74) is 1.19. The van der Waals surface area contributed by atoms with E-state index in [0.29, 0.717) is 43.0 Å². The monoisotopic (exact) mass is 414 g/mol. The molecule has 2 heterocycles. The predicted octanol–water partition coefficient (Wildman–Crippen LogP) is 3.03. The molecule has 1 aliphatic heterocycles. The van der Waals surface area contributed by atoms with Gasteiger partial charge in [-0.25, -0.2) is 0 Å². The van der Waals surface area contributed by atoms with Crippen molar-refractivity contribution >= 4 is 5.91 Å². The standard InChI is InChI=1S/C23H34N4O3/c1-17(2)27-14-12-19(13-15-27)16-24-21(28)9-11-23-26-25-22(30-23)10-6-18-4-7-20(29-3)8-5-18/h4-5,7-8,17,19H,6,9-16H2,1-3H3,(H,24,28). The molecule has 1 fully saturated rings. The van der Waals surface area contributed by atoms with Crippen LogP contribution in [0.15, 0.2) is 28.7 Å². The van der Waals surface area contributed by atoms with Gasteiger partial charge in [-0.05, 0) is 69.8 Å². The second-order valence-corrected chi connectivity index (χ2v) is 8.31. The lowest BCUT2D eigenvalue weighted by atomic mass is 9.96. The maximum absolute atomic E-state index is 12.2. The number of carbonyl (C=O) groups is 1. The fourth-order valence-electron chi connectivity index (χ4n) is 3.77. The lowest BCUT2D eigenvalue weighted by Gasteiger charge is -2.34. The summed E-state index contributed by atoms with van der Waals surface area (Å²) in [5.74, 6) is 2.62. The number of benzene rings is 1. The van der Waals surface area contributed by atoms with E-state index in [9.17, 15) is 4.79 Å². The number of nitrogens with zero attached hydrogens (tertiary/aromatic N) is 3. The first kappa shape index (κ1) is 22.3. The van der Waals surface area contributed by atoms with Crippen LogP contribution in [0.25, 0.3) is 0 Å². The number of ether oxygens (including phenoxy) is 1. The van der Waals surface area contributed by atoms with Gasteiger partial charge in [-0.3, -0.25) is 4.79 Å². The molecular weight excluding hydrogens is 380 g/mol. The highest BCUT2D eigenvalue weighted by Crippen LogP contribution is 2.18. The first-order valence-corrected chi connectivity index (χ1v) is 11.0. The Morgan fingerprint density at radius 2 is 1.80 bits per heavy atom. The van der Waals surface area contributed by atoms with Crippen molar-refractivity contribution in [1.29, 1.82) is 0 Å². The van der Waals surface area contributed by atoms with Crippen LogP contribution < -0.4 is 10.1 Å². The maximum atomic E-state index is 12.2. The molecule has 0 spiro atoms. The van der Waals surface area contributed by atoms with Crippen LogP contribution in [0.3, 0.4) is 0 Å². The highest BCUT2D eigenvalue weighted by Gasteiger charge is 2.21. The Morgan fingerprint density at radius 1 is 1.13 bits per heavy atom. The summed E-state index contributed by atoms with van der Waals surface area (Å²) in [4.78, 5) is 14.7.